The van der Waals surface area contributed by atoms with Crippen molar-refractivity contribution in [2.45, 2.75) is 25.4 Å². The summed E-state index contributed by atoms with van der Waals surface area (Å²) in [6, 6.07) is 20.3. The van der Waals surface area contributed by atoms with E-state index in [2.05, 4.69) is 32.7 Å². The highest BCUT2D eigenvalue weighted by atomic mass is 16.2. The quantitative estimate of drug-likeness (QED) is 0.730. The van der Waals surface area contributed by atoms with Gasteiger partial charge in [-0.3, -0.25) is 14.4 Å². The number of piperidine rings is 3. The third kappa shape index (κ3) is 3.80. The Morgan fingerprint density at radius 2 is 1.83 bits per heavy atom. The van der Waals surface area contributed by atoms with E-state index in [1.807, 2.05) is 59.4 Å². The number of nitrogens with zero attached hydrogens (tertiary/aromatic N) is 4. The molecule has 2 bridgehead atoms. The van der Waals surface area contributed by atoms with Crippen molar-refractivity contribution in [2.24, 2.45) is 11.8 Å². The maximum absolute atomic E-state index is 12.8. The summed E-state index contributed by atoms with van der Waals surface area (Å²) >= 11 is 0. The van der Waals surface area contributed by atoms with Gasteiger partial charge in [-0.25, -0.2) is 0 Å². The number of fused-ring (bicyclic) bond motifs is 3. The van der Waals surface area contributed by atoms with Gasteiger partial charge in [-0.2, -0.15) is 0 Å². The summed E-state index contributed by atoms with van der Waals surface area (Å²) in [6.45, 7) is 2.71. The van der Waals surface area contributed by atoms with Gasteiger partial charge in [0.1, 0.15) is 5.69 Å². The smallest absolute Gasteiger partial charge is 0.229 e. The lowest BCUT2D eigenvalue weighted by molar-refractivity contribution is -0.127. The largest absolute Gasteiger partial charge is 0.326 e. The molecule has 1 amide bonds. The van der Waals surface area contributed by atoms with Crippen molar-refractivity contribution in [1.29, 1.82) is 0 Å². The molecule has 4 heterocycles. The molecule has 0 aliphatic carbocycles. The first-order valence-electron chi connectivity index (χ1n) is 10.3. The number of rotatable bonds is 5. The highest BCUT2D eigenvalue weighted by Crippen LogP contribution is 2.37. The van der Waals surface area contributed by atoms with Crippen LogP contribution in [0.2, 0.25) is 0 Å². The van der Waals surface area contributed by atoms with Gasteiger partial charge in [0.05, 0.1) is 18.7 Å². The van der Waals surface area contributed by atoms with Crippen LogP contribution in [0.3, 0.4) is 0 Å². The first-order valence-corrected chi connectivity index (χ1v) is 10.3. The minimum absolute atomic E-state index is 0.0656. The van der Waals surface area contributed by atoms with E-state index in [9.17, 15) is 4.79 Å². The molecule has 4 atom stereocenters. The van der Waals surface area contributed by atoms with Gasteiger partial charge in [-0.15, -0.1) is 5.10 Å². The molecule has 3 aliphatic rings. The second-order valence-corrected chi connectivity index (χ2v) is 8.09. The van der Waals surface area contributed by atoms with Crippen molar-refractivity contribution in [2.75, 3.05) is 18.4 Å². The number of benzene rings is 2. The maximum Gasteiger partial charge on any atom is 0.229 e. The average molecular weight is 387 g/mol. The normalized spacial score (nSPS) is 25.7. The van der Waals surface area contributed by atoms with Crippen LogP contribution in [-0.2, 0) is 11.3 Å². The zero-order chi connectivity index (χ0) is 19.6. The number of nitrogens with one attached hydrogen (secondary N) is 1. The van der Waals surface area contributed by atoms with E-state index in [0.717, 1.165) is 49.4 Å². The second-order valence-electron chi connectivity index (χ2n) is 8.09. The Morgan fingerprint density at radius 3 is 2.55 bits per heavy atom. The number of carbonyl (C=O) groups excluding carboxylic acids is 1. The summed E-state index contributed by atoms with van der Waals surface area (Å²) in [5, 5.41) is 11.8. The Kier molecular flexibility index (Phi) is 4.86. The molecule has 3 aromatic rings. The van der Waals surface area contributed by atoms with Crippen LogP contribution in [0.4, 0.5) is 5.69 Å². The summed E-state index contributed by atoms with van der Waals surface area (Å²) in [5.41, 5.74) is 2.87. The minimum Gasteiger partial charge on any atom is -0.326 e. The number of anilines is 1. The van der Waals surface area contributed by atoms with Gasteiger partial charge in [0, 0.05) is 23.8 Å². The Bertz CT molecular complexity index is 971. The van der Waals surface area contributed by atoms with Crippen molar-refractivity contribution >= 4 is 11.6 Å². The standard InChI is InChI=1S/C23H25N5O/c29-23(24-19-9-5-2-6-10-19)21-15-27-12-11-18(21)13-20(27)14-28-16-22(25-26-28)17-7-3-1-4-8-17/h1-10,16,18,20-21H,11-15H2,(H,24,29)/t18-,20-,21+/m1/s1. The van der Waals surface area contributed by atoms with Crippen molar-refractivity contribution in [1.82, 2.24) is 19.9 Å². The van der Waals surface area contributed by atoms with Crippen LogP contribution in [-0.4, -0.2) is 44.9 Å². The van der Waals surface area contributed by atoms with Crippen molar-refractivity contribution < 1.29 is 4.79 Å². The zero-order valence-corrected chi connectivity index (χ0v) is 16.3. The van der Waals surface area contributed by atoms with Gasteiger partial charge in [-0.05, 0) is 37.4 Å². The van der Waals surface area contributed by atoms with Gasteiger partial charge in [0.2, 0.25) is 5.91 Å². The molecular formula is C23H25N5O. The van der Waals surface area contributed by atoms with Crippen molar-refractivity contribution in [3.05, 3.63) is 66.9 Å². The molecule has 1 unspecified atom stereocenters. The van der Waals surface area contributed by atoms with Crippen LogP contribution in [0.25, 0.3) is 11.3 Å². The van der Waals surface area contributed by atoms with Gasteiger partial charge in [0.15, 0.2) is 0 Å². The summed E-state index contributed by atoms with van der Waals surface area (Å²) < 4.78 is 1.95. The second kappa shape index (κ2) is 7.79. The lowest BCUT2D eigenvalue weighted by Gasteiger charge is -2.49. The van der Waals surface area contributed by atoms with Gasteiger partial charge >= 0.3 is 0 Å². The molecule has 2 aromatic carbocycles. The fourth-order valence-corrected chi connectivity index (χ4v) is 4.73. The van der Waals surface area contributed by atoms with Crippen molar-refractivity contribution in [3.63, 3.8) is 0 Å². The van der Waals surface area contributed by atoms with E-state index in [4.69, 9.17) is 0 Å². The molecule has 0 spiro atoms. The number of para-hydroxylation sites is 1. The third-order valence-corrected chi connectivity index (χ3v) is 6.26. The van der Waals surface area contributed by atoms with E-state index in [0.29, 0.717) is 12.0 Å². The Labute approximate surface area is 170 Å². The first-order chi connectivity index (χ1) is 14.3. The summed E-state index contributed by atoms with van der Waals surface area (Å²) in [5.74, 6) is 0.651. The topological polar surface area (TPSA) is 63.1 Å². The van der Waals surface area contributed by atoms with Crippen LogP contribution in [0.5, 0.6) is 0 Å². The predicted molar refractivity (Wildman–Crippen MR) is 112 cm³/mol. The van der Waals surface area contributed by atoms with E-state index in [1.165, 1.54) is 0 Å². The summed E-state index contributed by atoms with van der Waals surface area (Å²) in [4.78, 5) is 15.3. The molecule has 6 heteroatoms. The molecule has 1 N–H and O–H groups in total. The molecule has 148 valence electrons. The van der Waals surface area contributed by atoms with Gasteiger partial charge < -0.3 is 5.32 Å². The molecule has 3 saturated heterocycles. The molecule has 0 saturated carbocycles. The number of hydrogen-bond acceptors (Lipinski definition) is 4. The molecule has 3 aliphatic heterocycles. The van der Waals surface area contributed by atoms with E-state index >= 15 is 0 Å². The monoisotopic (exact) mass is 387 g/mol. The van der Waals surface area contributed by atoms with Crippen LogP contribution in [0, 0.1) is 11.8 Å². The Morgan fingerprint density at radius 1 is 1.07 bits per heavy atom. The van der Waals surface area contributed by atoms with Gasteiger partial charge in [0.25, 0.3) is 0 Å². The molecule has 6 nitrogen and oxygen atoms in total. The fraction of sp³-hybridized carbons (Fsp3) is 0.348. The lowest BCUT2D eigenvalue weighted by atomic mass is 9.75. The SMILES string of the molecule is O=C(Nc1ccccc1)[C@H]1CN2CC[C@@H]1C[C@@H]2Cn1cc(-c2ccccc2)nn1. The number of hydrogen-bond donors (Lipinski definition) is 1. The van der Waals surface area contributed by atoms with E-state index < -0.39 is 0 Å². The highest BCUT2D eigenvalue weighted by molar-refractivity contribution is 5.93. The fourth-order valence-electron chi connectivity index (χ4n) is 4.73. The summed E-state index contributed by atoms with van der Waals surface area (Å²) in [7, 11) is 0. The van der Waals surface area contributed by atoms with E-state index in [1.54, 1.807) is 0 Å². The van der Waals surface area contributed by atoms with Crippen LogP contribution < -0.4 is 5.32 Å². The molecule has 6 rings (SSSR count). The number of carbonyl (C=O) groups is 1. The van der Waals surface area contributed by atoms with Crippen LogP contribution in [0.1, 0.15) is 12.8 Å². The van der Waals surface area contributed by atoms with Crippen LogP contribution in [0.15, 0.2) is 66.9 Å². The molecular weight excluding hydrogens is 362 g/mol. The number of amides is 1. The Hall–Kier alpha value is -2.99. The average Bonchev–Trinajstić information content (AvgIpc) is 3.24. The van der Waals surface area contributed by atoms with Crippen LogP contribution >= 0.6 is 0 Å². The first kappa shape index (κ1) is 18.1. The Balaban J connectivity index is 1.23. The molecule has 29 heavy (non-hydrogen) atoms. The third-order valence-electron chi connectivity index (χ3n) is 6.26. The van der Waals surface area contributed by atoms with Gasteiger partial charge in [-0.1, -0.05) is 53.7 Å². The maximum atomic E-state index is 12.8. The lowest BCUT2D eigenvalue weighted by Crippen LogP contribution is -2.57. The molecule has 0 radical (unpaired) electrons. The minimum atomic E-state index is 0.0656. The molecule has 3 fully saturated rings. The predicted octanol–water partition coefficient (Wildman–Crippen LogP) is 3.29. The van der Waals surface area contributed by atoms with E-state index in [-0.39, 0.29) is 11.8 Å². The highest BCUT2D eigenvalue weighted by Gasteiger charge is 2.43. The number of aromatic nitrogens is 3. The molecule has 1 aromatic heterocycles. The zero-order valence-electron chi connectivity index (χ0n) is 16.3. The summed E-state index contributed by atoms with van der Waals surface area (Å²) in [6.07, 6.45) is 4.15. The van der Waals surface area contributed by atoms with Crippen molar-refractivity contribution in [3.8, 4) is 11.3 Å².